The van der Waals surface area contributed by atoms with E-state index in [0.717, 1.165) is 19.1 Å². The minimum absolute atomic E-state index is 0. The molecule has 2 saturated carbocycles. The van der Waals surface area contributed by atoms with E-state index in [2.05, 4.69) is 38.0 Å². The molecule has 29 heavy (non-hydrogen) atoms. The minimum Gasteiger partial charge on any atom is -0.377 e. The van der Waals surface area contributed by atoms with E-state index in [9.17, 15) is 0 Å². The lowest BCUT2D eigenvalue weighted by Gasteiger charge is -2.57. The first-order valence-corrected chi connectivity index (χ1v) is 12.1. The van der Waals surface area contributed by atoms with Gasteiger partial charge >= 0.3 is 0 Å². The van der Waals surface area contributed by atoms with Gasteiger partial charge in [0.05, 0.1) is 12.1 Å². The lowest BCUT2D eigenvalue weighted by atomic mass is 9.54. The first-order chi connectivity index (χ1) is 13.8. The molecule has 4 fully saturated rings. The average Bonchev–Trinajstić information content (AvgIpc) is 3.49. The molecule has 1 aromatic rings. The van der Waals surface area contributed by atoms with Crippen LogP contribution in [0.2, 0.25) is 0 Å². The van der Waals surface area contributed by atoms with Gasteiger partial charge in [-0.2, -0.15) is 0 Å². The van der Waals surface area contributed by atoms with Crippen LogP contribution in [0.3, 0.4) is 0 Å². The van der Waals surface area contributed by atoms with Gasteiger partial charge in [-0.3, -0.25) is 9.89 Å². The summed E-state index contributed by atoms with van der Waals surface area (Å²) in [6.45, 7) is 4.29. The Balaban J connectivity index is 0.00000205. The minimum atomic E-state index is 0. The summed E-state index contributed by atoms with van der Waals surface area (Å²) >= 11 is 1.88. The van der Waals surface area contributed by atoms with Crippen LogP contribution in [0, 0.1) is 11.3 Å². The lowest BCUT2D eigenvalue weighted by Crippen LogP contribution is -2.69. The summed E-state index contributed by atoms with van der Waals surface area (Å²) in [5.74, 6) is 1.64. The fraction of sp³-hybridized carbons (Fsp3) is 0.773. The highest BCUT2D eigenvalue weighted by Gasteiger charge is 2.65. The molecule has 1 aromatic heterocycles. The van der Waals surface area contributed by atoms with Gasteiger partial charge in [0.2, 0.25) is 0 Å². The molecule has 7 heteroatoms. The normalized spacial score (nSPS) is 31.9. The van der Waals surface area contributed by atoms with Crippen LogP contribution >= 0.6 is 35.3 Å². The van der Waals surface area contributed by atoms with E-state index in [4.69, 9.17) is 4.74 Å². The molecule has 5 nitrogen and oxygen atoms in total. The third-order valence-corrected chi connectivity index (χ3v) is 8.69. The lowest BCUT2D eigenvalue weighted by molar-refractivity contribution is -0.125. The number of halogens is 1. The molecule has 0 radical (unpaired) electrons. The average molecular weight is 531 g/mol. The summed E-state index contributed by atoms with van der Waals surface area (Å²) < 4.78 is 6.14. The van der Waals surface area contributed by atoms with E-state index < -0.39 is 0 Å². The van der Waals surface area contributed by atoms with Crippen molar-refractivity contribution in [3.63, 3.8) is 0 Å². The molecule has 162 valence electrons. The summed E-state index contributed by atoms with van der Waals surface area (Å²) in [5, 5.41) is 9.72. The van der Waals surface area contributed by atoms with Gasteiger partial charge in [-0.1, -0.05) is 18.9 Å². The van der Waals surface area contributed by atoms with Gasteiger partial charge in [-0.15, -0.1) is 35.3 Å². The molecule has 2 aliphatic heterocycles. The maximum absolute atomic E-state index is 6.14. The van der Waals surface area contributed by atoms with Crippen molar-refractivity contribution in [3.8, 4) is 0 Å². The van der Waals surface area contributed by atoms with Crippen LogP contribution in [0.1, 0.15) is 55.9 Å². The monoisotopic (exact) mass is 530 g/mol. The highest BCUT2D eigenvalue weighted by atomic mass is 127. The van der Waals surface area contributed by atoms with Gasteiger partial charge in [0, 0.05) is 42.5 Å². The number of aliphatic imine (C=N–C) groups is 1. The van der Waals surface area contributed by atoms with E-state index in [-0.39, 0.29) is 24.0 Å². The zero-order valence-electron chi connectivity index (χ0n) is 17.4. The van der Waals surface area contributed by atoms with Gasteiger partial charge in [0.15, 0.2) is 5.96 Å². The zero-order chi connectivity index (χ0) is 19.0. The van der Waals surface area contributed by atoms with Crippen LogP contribution in [0.5, 0.6) is 0 Å². The summed E-state index contributed by atoms with van der Waals surface area (Å²) in [5.41, 5.74) is 0.362. The number of thiophene rings is 1. The van der Waals surface area contributed by atoms with Crippen LogP contribution in [0.4, 0.5) is 0 Å². The molecule has 0 aromatic carbocycles. The molecule has 0 amide bonds. The first-order valence-electron chi connectivity index (χ1n) is 11.2. The summed E-state index contributed by atoms with van der Waals surface area (Å²) in [7, 11) is 1.91. The number of guanidine groups is 1. The predicted molar refractivity (Wildman–Crippen MR) is 130 cm³/mol. The van der Waals surface area contributed by atoms with Crippen molar-refractivity contribution >= 4 is 41.3 Å². The van der Waals surface area contributed by atoms with Crippen LogP contribution in [0.15, 0.2) is 22.5 Å². The third kappa shape index (κ3) is 3.96. The highest BCUT2D eigenvalue weighted by Crippen LogP contribution is 2.60. The highest BCUT2D eigenvalue weighted by molar-refractivity contribution is 14.0. The van der Waals surface area contributed by atoms with Crippen molar-refractivity contribution in [2.75, 3.05) is 33.3 Å². The Morgan fingerprint density at radius 3 is 2.79 bits per heavy atom. The van der Waals surface area contributed by atoms with Crippen LogP contribution in [-0.4, -0.2) is 56.3 Å². The molecule has 2 saturated heterocycles. The second-order valence-electron chi connectivity index (χ2n) is 9.03. The number of hydrogen-bond donors (Lipinski definition) is 2. The summed E-state index contributed by atoms with van der Waals surface area (Å²) in [4.78, 5) is 8.69. The Morgan fingerprint density at radius 1 is 1.31 bits per heavy atom. The van der Waals surface area contributed by atoms with Crippen LogP contribution < -0.4 is 10.6 Å². The van der Waals surface area contributed by atoms with E-state index in [1.165, 1.54) is 62.9 Å². The molecule has 0 bridgehead atoms. The van der Waals surface area contributed by atoms with Crippen molar-refractivity contribution in [1.82, 2.24) is 15.5 Å². The molecule has 1 spiro atoms. The van der Waals surface area contributed by atoms with E-state index in [0.29, 0.717) is 29.5 Å². The maximum Gasteiger partial charge on any atom is 0.191 e. The number of hydrogen-bond acceptors (Lipinski definition) is 4. The number of rotatable bonds is 5. The maximum atomic E-state index is 6.14. The zero-order valence-corrected chi connectivity index (χ0v) is 20.6. The largest absolute Gasteiger partial charge is 0.377 e. The molecular formula is C22H35IN4OS. The van der Waals surface area contributed by atoms with Crippen molar-refractivity contribution in [2.45, 2.75) is 63.1 Å². The first kappa shape index (κ1) is 21.8. The number of nitrogens with one attached hydrogen (secondary N) is 2. The van der Waals surface area contributed by atoms with Crippen molar-refractivity contribution in [3.05, 3.63) is 22.4 Å². The number of nitrogens with zero attached hydrogens (tertiary/aromatic N) is 2. The van der Waals surface area contributed by atoms with Crippen LogP contribution in [0.25, 0.3) is 0 Å². The number of fused-ring (bicyclic) bond motifs is 2. The van der Waals surface area contributed by atoms with Gasteiger partial charge < -0.3 is 15.4 Å². The summed E-state index contributed by atoms with van der Waals surface area (Å²) in [6, 6.07) is 5.44. The Hall–Kier alpha value is -0.380. The van der Waals surface area contributed by atoms with E-state index in [1.54, 1.807) is 0 Å². The van der Waals surface area contributed by atoms with Gasteiger partial charge in [-0.05, 0) is 56.6 Å². The van der Waals surface area contributed by atoms with E-state index in [1.807, 2.05) is 18.4 Å². The summed E-state index contributed by atoms with van der Waals surface area (Å²) in [6.07, 6.45) is 9.67. The Morgan fingerprint density at radius 2 is 2.10 bits per heavy atom. The Bertz CT molecular complexity index is 685. The molecule has 2 aliphatic carbocycles. The van der Waals surface area contributed by atoms with Crippen molar-refractivity contribution in [1.29, 1.82) is 0 Å². The molecule has 4 unspecified atom stereocenters. The fourth-order valence-corrected chi connectivity index (χ4v) is 7.24. The quantitative estimate of drug-likeness (QED) is 0.343. The molecule has 4 aliphatic rings. The fourth-order valence-electron chi connectivity index (χ4n) is 6.38. The number of ether oxygens (including phenoxy) is 1. The van der Waals surface area contributed by atoms with Gasteiger partial charge in [0.25, 0.3) is 0 Å². The smallest absolute Gasteiger partial charge is 0.191 e. The molecular weight excluding hydrogens is 495 g/mol. The SMILES string of the molecule is CN=C(NCC(c1cccs1)N1CCCC1)NC1C2CCOC2C12CCCC2.I. The standard InChI is InChI=1S/C22H34N4OS.HI/c1-23-21(24-15-17(18-7-6-14-28-18)26-11-4-5-12-26)25-19-16-8-13-27-20(16)22(19)9-2-3-10-22;/h6-7,14,16-17,19-20H,2-5,8-13,15H2,1H3,(H2,23,24,25);1H. The topological polar surface area (TPSA) is 48.9 Å². The second kappa shape index (κ2) is 9.40. The van der Waals surface area contributed by atoms with Gasteiger partial charge in [-0.25, -0.2) is 0 Å². The second-order valence-corrected chi connectivity index (χ2v) is 10.0. The van der Waals surface area contributed by atoms with Gasteiger partial charge in [0.1, 0.15) is 0 Å². The third-order valence-electron chi connectivity index (χ3n) is 7.72. The number of likely N-dealkylation sites (tertiary alicyclic amines) is 1. The molecule has 4 atom stereocenters. The van der Waals surface area contributed by atoms with E-state index >= 15 is 0 Å². The Labute approximate surface area is 196 Å². The van der Waals surface area contributed by atoms with Crippen molar-refractivity contribution < 1.29 is 4.74 Å². The predicted octanol–water partition coefficient (Wildman–Crippen LogP) is 4.02. The van der Waals surface area contributed by atoms with Crippen molar-refractivity contribution in [2.24, 2.45) is 16.3 Å². The molecule has 3 heterocycles. The van der Waals surface area contributed by atoms with Crippen LogP contribution in [-0.2, 0) is 4.74 Å². The molecule has 2 N–H and O–H groups in total. The molecule has 5 rings (SSSR count). The Kier molecular flexibility index (Phi) is 7.08.